The maximum absolute atomic E-state index is 13.7. The molecule has 0 fully saturated rings. The molecule has 0 aromatic heterocycles. The third kappa shape index (κ3) is 9.87. The molecule has 8 nitrogen and oxygen atoms in total. The molecule has 4 aromatic rings. The predicted octanol–water partition coefficient (Wildman–Crippen LogP) is 5.70. The lowest BCUT2D eigenvalue weighted by Crippen LogP contribution is -2.51. The largest absolute Gasteiger partial charge is 0.484 e. The Morgan fingerprint density at radius 1 is 0.822 bits per heavy atom. The van der Waals surface area contributed by atoms with Gasteiger partial charge in [0.05, 0.1) is 4.90 Å². The molecule has 0 aliphatic rings. The SMILES string of the molecule is CCCCNC(=O)[C@H](Cc1ccccc1)N(Cc1ccc(F)cc1)C(=O)COc1ccc(S(=O)(=O)Nc2ccc(F)cc2)cc1. The van der Waals surface area contributed by atoms with E-state index in [9.17, 15) is 26.8 Å². The highest BCUT2D eigenvalue weighted by molar-refractivity contribution is 7.92. The second-order valence-electron chi connectivity index (χ2n) is 10.4. The maximum atomic E-state index is 13.7. The fourth-order valence-electron chi connectivity index (χ4n) is 4.52. The first kappa shape index (κ1) is 33.1. The standard InChI is InChI=1S/C34H35F2N3O5S/c1-2-3-21-37-34(41)32(22-25-7-5-4-6-8-25)39(23-26-9-11-27(35)12-10-26)33(40)24-44-30-17-19-31(20-18-30)45(42,43)38-29-15-13-28(36)14-16-29/h4-20,32,38H,2-3,21-24H2,1H3,(H,37,41)/t32-/m0/s1. The molecule has 0 bridgehead atoms. The number of benzene rings is 4. The van der Waals surface area contributed by atoms with Crippen molar-refractivity contribution < 1.29 is 31.5 Å². The summed E-state index contributed by atoms with van der Waals surface area (Å²) >= 11 is 0. The minimum Gasteiger partial charge on any atom is -0.484 e. The van der Waals surface area contributed by atoms with E-state index >= 15 is 0 Å². The summed E-state index contributed by atoms with van der Waals surface area (Å²) in [6.07, 6.45) is 1.92. The molecule has 0 radical (unpaired) electrons. The highest BCUT2D eigenvalue weighted by atomic mass is 32.2. The first-order valence-electron chi connectivity index (χ1n) is 14.5. The number of amides is 2. The molecule has 4 rings (SSSR count). The topological polar surface area (TPSA) is 105 Å². The first-order chi connectivity index (χ1) is 21.6. The quantitative estimate of drug-likeness (QED) is 0.163. The van der Waals surface area contributed by atoms with Crippen molar-refractivity contribution in [2.75, 3.05) is 17.9 Å². The number of carbonyl (C=O) groups excluding carboxylic acids is 2. The van der Waals surface area contributed by atoms with E-state index in [0.29, 0.717) is 12.1 Å². The van der Waals surface area contributed by atoms with Crippen molar-refractivity contribution in [2.24, 2.45) is 0 Å². The van der Waals surface area contributed by atoms with Crippen LogP contribution in [0, 0.1) is 11.6 Å². The van der Waals surface area contributed by atoms with Gasteiger partial charge in [0, 0.05) is 25.2 Å². The number of carbonyl (C=O) groups is 2. The Labute approximate surface area is 262 Å². The van der Waals surface area contributed by atoms with E-state index in [0.717, 1.165) is 30.5 Å². The zero-order chi connectivity index (χ0) is 32.2. The number of sulfonamides is 1. The van der Waals surface area contributed by atoms with Crippen molar-refractivity contribution in [1.82, 2.24) is 10.2 Å². The molecule has 4 aromatic carbocycles. The van der Waals surface area contributed by atoms with Crippen molar-refractivity contribution in [2.45, 2.75) is 43.7 Å². The Hall–Kier alpha value is -4.77. The Balaban J connectivity index is 1.52. The molecule has 1 atom stereocenters. The molecule has 0 unspecified atom stereocenters. The number of hydrogen-bond donors (Lipinski definition) is 2. The molecular weight excluding hydrogens is 600 g/mol. The van der Waals surface area contributed by atoms with Gasteiger partial charge in [-0.3, -0.25) is 14.3 Å². The van der Waals surface area contributed by atoms with Gasteiger partial charge >= 0.3 is 0 Å². The van der Waals surface area contributed by atoms with Crippen LogP contribution in [0.3, 0.4) is 0 Å². The minimum atomic E-state index is -3.96. The lowest BCUT2D eigenvalue weighted by atomic mass is 10.0. The highest BCUT2D eigenvalue weighted by Crippen LogP contribution is 2.21. The number of rotatable bonds is 15. The second-order valence-corrected chi connectivity index (χ2v) is 12.1. The molecule has 0 aliphatic heterocycles. The van der Waals surface area contributed by atoms with Crippen molar-refractivity contribution in [1.29, 1.82) is 0 Å². The summed E-state index contributed by atoms with van der Waals surface area (Å²) in [6, 6.07) is 24.5. The van der Waals surface area contributed by atoms with Crippen LogP contribution in [0.4, 0.5) is 14.5 Å². The molecule has 0 heterocycles. The average Bonchev–Trinajstić information content (AvgIpc) is 3.04. The van der Waals surface area contributed by atoms with Gasteiger partial charge in [-0.2, -0.15) is 0 Å². The highest BCUT2D eigenvalue weighted by Gasteiger charge is 2.30. The Morgan fingerprint density at radius 3 is 2.07 bits per heavy atom. The fourth-order valence-corrected chi connectivity index (χ4v) is 5.58. The number of anilines is 1. The number of unbranched alkanes of at least 4 members (excludes halogenated alkanes) is 1. The summed E-state index contributed by atoms with van der Waals surface area (Å²) in [5, 5.41) is 2.93. The van der Waals surface area contributed by atoms with Gasteiger partial charge in [0.15, 0.2) is 6.61 Å². The van der Waals surface area contributed by atoms with Crippen LogP contribution in [0.15, 0.2) is 108 Å². The van der Waals surface area contributed by atoms with E-state index < -0.39 is 40.2 Å². The van der Waals surface area contributed by atoms with Gasteiger partial charge < -0.3 is 15.0 Å². The van der Waals surface area contributed by atoms with E-state index in [4.69, 9.17) is 4.74 Å². The monoisotopic (exact) mass is 635 g/mol. The van der Waals surface area contributed by atoms with Crippen LogP contribution in [-0.4, -0.2) is 44.3 Å². The summed E-state index contributed by atoms with van der Waals surface area (Å²) in [6.45, 7) is 2.07. The number of ether oxygens (including phenoxy) is 1. The average molecular weight is 636 g/mol. The zero-order valence-electron chi connectivity index (χ0n) is 24.8. The normalized spacial score (nSPS) is 11.8. The third-order valence-corrected chi connectivity index (χ3v) is 8.36. The second kappa shape index (κ2) is 15.8. The Morgan fingerprint density at radius 2 is 1.44 bits per heavy atom. The predicted molar refractivity (Wildman–Crippen MR) is 168 cm³/mol. The molecule has 2 N–H and O–H groups in total. The molecule has 236 valence electrons. The van der Waals surface area contributed by atoms with Crippen LogP contribution in [0.1, 0.15) is 30.9 Å². The molecule has 0 saturated carbocycles. The van der Waals surface area contributed by atoms with E-state index in [2.05, 4.69) is 10.0 Å². The van der Waals surface area contributed by atoms with E-state index in [-0.39, 0.29) is 35.2 Å². The van der Waals surface area contributed by atoms with Crippen LogP contribution < -0.4 is 14.8 Å². The number of nitrogens with zero attached hydrogens (tertiary/aromatic N) is 1. The fraction of sp³-hybridized carbons (Fsp3) is 0.235. The van der Waals surface area contributed by atoms with Crippen LogP contribution >= 0.6 is 0 Å². The van der Waals surface area contributed by atoms with Gasteiger partial charge in [-0.05, 0) is 78.2 Å². The van der Waals surface area contributed by atoms with Gasteiger partial charge in [-0.1, -0.05) is 55.8 Å². The number of nitrogens with one attached hydrogen (secondary N) is 2. The van der Waals surface area contributed by atoms with Gasteiger partial charge in [-0.15, -0.1) is 0 Å². The van der Waals surface area contributed by atoms with Crippen molar-refractivity contribution in [3.05, 3.63) is 126 Å². The summed E-state index contributed by atoms with van der Waals surface area (Å²) in [7, 11) is -3.96. The van der Waals surface area contributed by atoms with E-state index in [1.165, 1.54) is 53.4 Å². The molecular formula is C34H35F2N3O5S. The molecule has 0 saturated heterocycles. The third-order valence-electron chi connectivity index (χ3n) is 6.96. The number of halogens is 2. The lowest BCUT2D eigenvalue weighted by Gasteiger charge is -2.31. The smallest absolute Gasteiger partial charge is 0.261 e. The summed E-state index contributed by atoms with van der Waals surface area (Å²) in [5.74, 6) is -1.48. The van der Waals surface area contributed by atoms with E-state index in [1.807, 2.05) is 37.3 Å². The zero-order valence-corrected chi connectivity index (χ0v) is 25.6. The van der Waals surface area contributed by atoms with Crippen LogP contribution in [0.25, 0.3) is 0 Å². The lowest BCUT2D eigenvalue weighted by molar-refractivity contribution is -0.142. The van der Waals surface area contributed by atoms with Gasteiger partial charge in [0.2, 0.25) is 5.91 Å². The molecule has 45 heavy (non-hydrogen) atoms. The van der Waals surface area contributed by atoms with Crippen LogP contribution in [0.5, 0.6) is 5.75 Å². The van der Waals surface area contributed by atoms with Crippen LogP contribution in [0.2, 0.25) is 0 Å². The van der Waals surface area contributed by atoms with Gasteiger partial charge in [0.1, 0.15) is 23.4 Å². The van der Waals surface area contributed by atoms with Crippen LogP contribution in [-0.2, 0) is 32.6 Å². The molecule has 2 amide bonds. The first-order valence-corrected chi connectivity index (χ1v) is 16.0. The van der Waals surface area contributed by atoms with Crippen molar-refractivity contribution >= 4 is 27.5 Å². The summed E-state index contributed by atoms with van der Waals surface area (Å²) in [4.78, 5) is 28.6. The maximum Gasteiger partial charge on any atom is 0.261 e. The Bertz CT molecular complexity index is 1650. The van der Waals surface area contributed by atoms with Crippen molar-refractivity contribution in [3.63, 3.8) is 0 Å². The summed E-state index contributed by atoms with van der Waals surface area (Å²) < 4.78 is 60.5. The van der Waals surface area contributed by atoms with Gasteiger partial charge in [-0.25, -0.2) is 17.2 Å². The summed E-state index contributed by atoms with van der Waals surface area (Å²) in [5.41, 5.74) is 1.69. The molecule has 0 spiro atoms. The van der Waals surface area contributed by atoms with Gasteiger partial charge in [0.25, 0.3) is 15.9 Å². The Kier molecular flexibility index (Phi) is 11.6. The van der Waals surface area contributed by atoms with Crippen molar-refractivity contribution in [3.8, 4) is 5.75 Å². The number of hydrogen-bond acceptors (Lipinski definition) is 5. The molecule has 11 heteroatoms. The van der Waals surface area contributed by atoms with E-state index in [1.54, 1.807) is 12.1 Å². The molecule has 0 aliphatic carbocycles. The minimum absolute atomic E-state index is 0.0351.